The van der Waals surface area contributed by atoms with E-state index in [-0.39, 0.29) is 11.9 Å². The van der Waals surface area contributed by atoms with Crippen molar-refractivity contribution >= 4 is 18.0 Å². The molecule has 1 fully saturated rings. The Labute approximate surface area is 99.9 Å². The van der Waals surface area contributed by atoms with Crippen molar-refractivity contribution in [2.24, 2.45) is 0 Å². The Balaban J connectivity index is 2.01. The highest BCUT2D eigenvalue weighted by molar-refractivity contribution is 6.02. The SMILES string of the molecule is O=C(/C=C/c1ccccc1)N1CCCNC1=O. The molecule has 1 aliphatic rings. The van der Waals surface area contributed by atoms with Gasteiger partial charge in [0.25, 0.3) is 5.91 Å². The van der Waals surface area contributed by atoms with Crippen molar-refractivity contribution in [3.8, 4) is 0 Å². The molecule has 1 aromatic carbocycles. The number of hydrogen-bond donors (Lipinski definition) is 1. The van der Waals surface area contributed by atoms with Crippen molar-refractivity contribution in [1.29, 1.82) is 0 Å². The fraction of sp³-hybridized carbons (Fsp3) is 0.231. The van der Waals surface area contributed by atoms with Crippen LogP contribution in [0.25, 0.3) is 6.08 Å². The van der Waals surface area contributed by atoms with Crippen LogP contribution >= 0.6 is 0 Å². The van der Waals surface area contributed by atoms with Gasteiger partial charge in [0.05, 0.1) is 0 Å². The molecule has 88 valence electrons. The zero-order valence-corrected chi connectivity index (χ0v) is 9.43. The monoisotopic (exact) mass is 230 g/mol. The standard InChI is InChI=1S/C13H14N2O2/c16-12(15-10-4-9-14-13(15)17)8-7-11-5-2-1-3-6-11/h1-3,5-8H,4,9-10H2,(H,14,17)/b8-7+. The van der Waals surface area contributed by atoms with Gasteiger partial charge in [0, 0.05) is 19.2 Å². The van der Waals surface area contributed by atoms with E-state index in [1.165, 1.54) is 11.0 Å². The van der Waals surface area contributed by atoms with Crippen LogP contribution in [0, 0.1) is 0 Å². The molecule has 0 aromatic heterocycles. The highest BCUT2D eigenvalue weighted by atomic mass is 16.2. The summed E-state index contributed by atoms with van der Waals surface area (Å²) in [6.07, 6.45) is 3.95. The lowest BCUT2D eigenvalue weighted by atomic mass is 10.2. The largest absolute Gasteiger partial charge is 0.338 e. The van der Waals surface area contributed by atoms with Crippen molar-refractivity contribution in [1.82, 2.24) is 10.2 Å². The van der Waals surface area contributed by atoms with E-state index < -0.39 is 0 Å². The minimum Gasteiger partial charge on any atom is -0.338 e. The molecule has 1 aromatic rings. The first kappa shape index (κ1) is 11.4. The molecule has 4 heteroatoms. The van der Waals surface area contributed by atoms with Crippen molar-refractivity contribution in [2.45, 2.75) is 6.42 Å². The van der Waals surface area contributed by atoms with Gasteiger partial charge in [-0.25, -0.2) is 4.79 Å². The number of benzene rings is 1. The molecule has 1 saturated heterocycles. The fourth-order valence-corrected chi connectivity index (χ4v) is 1.66. The lowest BCUT2D eigenvalue weighted by molar-refractivity contribution is -0.123. The highest BCUT2D eigenvalue weighted by Gasteiger charge is 2.21. The number of nitrogens with one attached hydrogen (secondary N) is 1. The van der Waals surface area contributed by atoms with Gasteiger partial charge >= 0.3 is 6.03 Å². The van der Waals surface area contributed by atoms with Gasteiger partial charge in [-0.1, -0.05) is 30.3 Å². The summed E-state index contributed by atoms with van der Waals surface area (Å²) in [6.45, 7) is 1.13. The van der Waals surface area contributed by atoms with E-state index in [2.05, 4.69) is 5.32 Å². The molecule has 3 amide bonds. The van der Waals surface area contributed by atoms with Crippen molar-refractivity contribution in [3.63, 3.8) is 0 Å². The topological polar surface area (TPSA) is 49.4 Å². The minimum atomic E-state index is -0.307. The molecular formula is C13H14N2O2. The number of amides is 3. The van der Waals surface area contributed by atoms with E-state index in [4.69, 9.17) is 0 Å². The van der Waals surface area contributed by atoms with Crippen LogP contribution in [0.5, 0.6) is 0 Å². The summed E-state index contributed by atoms with van der Waals surface area (Å²) in [4.78, 5) is 24.4. The first-order chi connectivity index (χ1) is 8.27. The van der Waals surface area contributed by atoms with Crippen LogP contribution in [0.3, 0.4) is 0 Å². The third-order valence-electron chi connectivity index (χ3n) is 2.56. The summed E-state index contributed by atoms with van der Waals surface area (Å²) >= 11 is 0. The molecule has 0 atom stereocenters. The average molecular weight is 230 g/mol. The molecule has 0 saturated carbocycles. The second-order valence-electron chi connectivity index (χ2n) is 3.82. The predicted octanol–water partition coefficient (Wildman–Crippen LogP) is 1.64. The number of carbonyl (C=O) groups is 2. The summed E-state index contributed by atoms with van der Waals surface area (Å²) < 4.78 is 0. The predicted molar refractivity (Wildman–Crippen MR) is 65.2 cm³/mol. The summed E-state index contributed by atoms with van der Waals surface area (Å²) in [5.74, 6) is -0.272. The molecule has 4 nitrogen and oxygen atoms in total. The van der Waals surface area contributed by atoms with Gasteiger partial charge in [0.1, 0.15) is 0 Å². The van der Waals surface area contributed by atoms with Gasteiger partial charge in [-0.2, -0.15) is 0 Å². The van der Waals surface area contributed by atoms with E-state index in [9.17, 15) is 9.59 Å². The maximum absolute atomic E-state index is 11.8. The first-order valence-electron chi connectivity index (χ1n) is 5.60. The van der Waals surface area contributed by atoms with Crippen molar-refractivity contribution in [2.75, 3.05) is 13.1 Å². The molecule has 1 aliphatic heterocycles. The Morgan fingerprint density at radius 2 is 2.06 bits per heavy atom. The molecule has 1 N–H and O–H groups in total. The number of nitrogens with zero attached hydrogens (tertiary/aromatic N) is 1. The van der Waals surface area contributed by atoms with E-state index in [0.717, 1.165) is 12.0 Å². The first-order valence-corrected chi connectivity index (χ1v) is 5.60. The lowest BCUT2D eigenvalue weighted by Crippen LogP contribution is -2.48. The van der Waals surface area contributed by atoms with Crippen LogP contribution in [0.15, 0.2) is 36.4 Å². The molecule has 0 spiro atoms. The smallest absolute Gasteiger partial charge is 0.324 e. The second-order valence-corrected chi connectivity index (χ2v) is 3.82. The molecule has 0 bridgehead atoms. The Hall–Kier alpha value is -2.10. The van der Waals surface area contributed by atoms with Crippen molar-refractivity contribution < 1.29 is 9.59 Å². The highest BCUT2D eigenvalue weighted by Crippen LogP contribution is 2.04. The number of carbonyl (C=O) groups excluding carboxylic acids is 2. The van der Waals surface area contributed by atoms with E-state index in [0.29, 0.717) is 13.1 Å². The van der Waals surface area contributed by atoms with E-state index in [1.807, 2.05) is 30.3 Å². The Bertz CT molecular complexity index is 440. The number of urea groups is 1. The maximum atomic E-state index is 11.8. The van der Waals surface area contributed by atoms with Gasteiger partial charge in [0.15, 0.2) is 0 Å². The van der Waals surface area contributed by atoms with Gasteiger partial charge in [-0.15, -0.1) is 0 Å². The van der Waals surface area contributed by atoms with Crippen LogP contribution in [-0.2, 0) is 4.79 Å². The van der Waals surface area contributed by atoms with Crippen LogP contribution < -0.4 is 5.32 Å². The Morgan fingerprint density at radius 1 is 1.29 bits per heavy atom. The zero-order chi connectivity index (χ0) is 12.1. The summed E-state index contributed by atoms with van der Waals surface area (Å²) in [5.41, 5.74) is 0.943. The molecule has 1 heterocycles. The molecule has 2 rings (SSSR count). The molecule has 0 radical (unpaired) electrons. The molecular weight excluding hydrogens is 216 g/mol. The van der Waals surface area contributed by atoms with Gasteiger partial charge in [0.2, 0.25) is 0 Å². The molecule has 0 unspecified atom stereocenters. The van der Waals surface area contributed by atoms with Gasteiger partial charge < -0.3 is 5.32 Å². The quantitative estimate of drug-likeness (QED) is 0.785. The average Bonchev–Trinajstić information content (AvgIpc) is 2.38. The van der Waals surface area contributed by atoms with E-state index >= 15 is 0 Å². The summed E-state index contributed by atoms with van der Waals surface area (Å²) in [5, 5.41) is 2.64. The summed E-state index contributed by atoms with van der Waals surface area (Å²) in [7, 11) is 0. The fourth-order valence-electron chi connectivity index (χ4n) is 1.66. The minimum absolute atomic E-state index is 0.272. The second kappa shape index (κ2) is 5.30. The molecule has 17 heavy (non-hydrogen) atoms. The summed E-state index contributed by atoms with van der Waals surface area (Å²) in [6, 6.07) is 9.21. The van der Waals surface area contributed by atoms with E-state index in [1.54, 1.807) is 6.08 Å². The normalized spacial score (nSPS) is 16.0. The van der Waals surface area contributed by atoms with Crippen LogP contribution in [0.4, 0.5) is 4.79 Å². The molecule has 0 aliphatic carbocycles. The van der Waals surface area contributed by atoms with Crippen LogP contribution in [0.2, 0.25) is 0 Å². The number of hydrogen-bond acceptors (Lipinski definition) is 2. The Kier molecular flexibility index (Phi) is 3.55. The third-order valence-corrected chi connectivity index (χ3v) is 2.56. The van der Waals surface area contributed by atoms with Crippen LogP contribution in [0.1, 0.15) is 12.0 Å². The Morgan fingerprint density at radius 3 is 2.76 bits per heavy atom. The zero-order valence-electron chi connectivity index (χ0n) is 9.43. The van der Waals surface area contributed by atoms with Gasteiger partial charge in [-0.05, 0) is 18.1 Å². The van der Waals surface area contributed by atoms with Crippen LogP contribution in [-0.4, -0.2) is 29.9 Å². The number of rotatable bonds is 2. The van der Waals surface area contributed by atoms with Gasteiger partial charge in [-0.3, -0.25) is 9.69 Å². The number of imide groups is 1. The van der Waals surface area contributed by atoms with Crippen molar-refractivity contribution in [3.05, 3.63) is 42.0 Å². The lowest BCUT2D eigenvalue weighted by Gasteiger charge is -2.24. The third kappa shape index (κ3) is 2.93. The maximum Gasteiger partial charge on any atom is 0.324 e.